The summed E-state index contributed by atoms with van der Waals surface area (Å²) in [5, 5.41) is 12.4. The van der Waals surface area contributed by atoms with Gasteiger partial charge in [-0.1, -0.05) is 0 Å². The predicted octanol–water partition coefficient (Wildman–Crippen LogP) is -1.67. The van der Waals surface area contributed by atoms with E-state index in [0.717, 1.165) is 0 Å². The quantitative estimate of drug-likeness (QED) is 0.512. The smallest absolute Gasteiger partial charge is 0.153 e. The third-order valence-corrected chi connectivity index (χ3v) is 1.96. The summed E-state index contributed by atoms with van der Waals surface area (Å²) in [6.45, 7) is 0. The molecule has 1 aliphatic rings. The van der Waals surface area contributed by atoms with Gasteiger partial charge in [-0.25, -0.2) is 0 Å². The molecule has 1 heterocycles. The molecule has 1 fully saturated rings. The molecule has 6 nitrogen and oxygen atoms in total. The lowest BCUT2D eigenvalue weighted by Crippen LogP contribution is -2.60. The zero-order valence-corrected chi connectivity index (χ0v) is 6.79. The minimum atomic E-state index is -0.987. The second-order valence-electron chi connectivity index (χ2n) is 2.81. The van der Waals surface area contributed by atoms with E-state index in [4.69, 9.17) is 0 Å². The SMILES string of the molecule is O=CC1CC(C=O)N(O)C(C=O)N1. The van der Waals surface area contributed by atoms with Gasteiger partial charge in [-0.3, -0.25) is 5.32 Å². The van der Waals surface area contributed by atoms with E-state index < -0.39 is 18.2 Å². The van der Waals surface area contributed by atoms with E-state index >= 15 is 0 Å². The van der Waals surface area contributed by atoms with Crippen molar-refractivity contribution in [3.63, 3.8) is 0 Å². The molecule has 72 valence electrons. The van der Waals surface area contributed by atoms with Gasteiger partial charge in [-0.15, -0.1) is 0 Å². The largest absolute Gasteiger partial charge is 0.311 e. The van der Waals surface area contributed by atoms with Crippen LogP contribution in [0.15, 0.2) is 0 Å². The highest BCUT2D eigenvalue weighted by Crippen LogP contribution is 2.10. The van der Waals surface area contributed by atoms with Gasteiger partial charge >= 0.3 is 0 Å². The van der Waals surface area contributed by atoms with Gasteiger partial charge in [0.15, 0.2) is 6.29 Å². The zero-order chi connectivity index (χ0) is 9.84. The molecule has 2 N–H and O–H groups in total. The highest BCUT2D eigenvalue weighted by atomic mass is 16.5. The number of aldehydes is 3. The van der Waals surface area contributed by atoms with E-state index in [9.17, 15) is 19.6 Å². The molecule has 0 radical (unpaired) electrons. The van der Waals surface area contributed by atoms with Crippen molar-refractivity contribution in [2.75, 3.05) is 0 Å². The van der Waals surface area contributed by atoms with Crippen LogP contribution in [-0.4, -0.2) is 47.4 Å². The molecule has 0 aliphatic carbocycles. The lowest BCUT2D eigenvalue weighted by atomic mass is 10.1. The number of nitrogens with one attached hydrogen (secondary N) is 1. The van der Waals surface area contributed by atoms with Crippen LogP contribution in [0.5, 0.6) is 0 Å². The molecule has 1 rings (SSSR count). The van der Waals surface area contributed by atoms with Crippen molar-refractivity contribution in [2.24, 2.45) is 0 Å². The molecule has 3 atom stereocenters. The molecular formula is C7H10N2O4. The Labute approximate surface area is 74.5 Å². The van der Waals surface area contributed by atoms with Crippen LogP contribution >= 0.6 is 0 Å². The second-order valence-corrected chi connectivity index (χ2v) is 2.81. The molecule has 0 spiro atoms. The molecule has 1 saturated heterocycles. The van der Waals surface area contributed by atoms with Crippen LogP contribution in [0.1, 0.15) is 6.42 Å². The third-order valence-electron chi connectivity index (χ3n) is 1.96. The van der Waals surface area contributed by atoms with Gasteiger partial charge in [-0.05, 0) is 6.42 Å². The highest BCUT2D eigenvalue weighted by Gasteiger charge is 2.33. The average molecular weight is 186 g/mol. The van der Waals surface area contributed by atoms with Crippen molar-refractivity contribution < 1.29 is 19.6 Å². The van der Waals surface area contributed by atoms with E-state index in [1.807, 2.05) is 0 Å². The summed E-state index contributed by atoms with van der Waals surface area (Å²) in [6, 6.07) is -1.36. The van der Waals surface area contributed by atoms with Gasteiger partial charge in [-0.2, -0.15) is 5.06 Å². The van der Waals surface area contributed by atoms with Crippen LogP contribution < -0.4 is 5.32 Å². The van der Waals surface area contributed by atoms with Crippen molar-refractivity contribution in [3.05, 3.63) is 0 Å². The topological polar surface area (TPSA) is 86.7 Å². The molecule has 0 amide bonds. The van der Waals surface area contributed by atoms with Crippen molar-refractivity contribution in [3.8, 4) is 0 Å². The Bertz CT molecular complexity index is 203. The first-order valence-corrected chi connectivity index (χ1v) is 3.82. The fourth-order valence-corrected chi connectivity index (χ4v) is 1.25. The molecule has 13 heavy (non-hydrogen) atoms. The molecule has 1 aliphatic heterocycles. The average Bonchev–Trinajstić information content (AvgIpc) is 2.18. The zero-order valence-electron chi connectivity index (χ0n) is 6.79. The van der Waals surface area contributed by atoms with Crippen molar-refractivity contribution in [2.45, 2.75) is 24.7 Å². The number of hydroxylamine groups is 2. The van der Waals surface area contributed by atoms with Gasteiger partial charge in [0.05, 0.1) is 12.1 Å². The van der Waals surface area contributed by atoms with E-state index in [-0.39, 0.29) is 6.42 Å². The monoisotopic (exact) mass is 186 g/mol. The van der Waals surface area contributed by atoms with Gasteiger partial charge in [0, 0.05) is 0 Å². The summed E-state index contributed by atoms with van der Waals surface area (Å²) in [4.78, 5) is 31.2. The van der Waals surface area contributed by atoms with Crippen molar-refractivity contribution >= 4 is 18.9 Å². The Kier molecular flexibility index (Phi) is 3.24. The molecule has 0 aromatic heterocycles. The Hall–Kier alpha value is -1.11. The first-order valence-electron chi connectivity index (χ1n) is 3.82. The Morgan fingerprint density at radius 1 is 1.23 bits per heavy atom. The lowest BCUT2D eigenvalue weighted by molar-refractivity contribution is -0.184. The van der Waals surface area contributed by atoms with Gasteiger partial charge in [0.2, 0.25) is 0 Å². The molecule has 0 bridgehead atoms. The van der Waals surface area contributed by atoms with Crippen LogP contribution in [0.2, 0.25) is 0 Å². The summed E-state index contributed by atoms with van der Waals surface area (Å²) in [7, 11) is 0. The Morgan fingerprint density at radius 2 is 1.92 bits per heavy atom. The summed E-state index contributed by atoms with van der Waals surface area (Å²) in [5.74, 6) is 0. The highest BCUT2D eigenvalue weighted by molar-refractivity contribution is 5.67. The number of hydrogen-bond acceptors (Lipinski definition) is 6. The summed E-state index contributed by atoms with van der Waals surface area (Å²) < 4.78 is 0. The first-order chi connectivity index (χ1) is 6.22. The summed E-state index contributed by atoms with van der Waals surface area (Å²) in [6.07, 6.45) is 0.743. The Balaban J connectivity index is 2.72. The number of rotatable bonds is 3. The molecule has 3 unspecified atom stereocenters. The van der Waals surface area contributed by atoms with Crippen LogP contribution in [0.3, 0.4) is 0 Å². The predicted molar refractivity (Wildman–Crippen MR) is 40.9 cm³/mol. The second kappa shape index (κ2) is 4.22. The molecule has 0 aromatic rings. The summed E-state index contributed by atoms with van der Waals surface area (Å²) >= 11 is 0. The minimum Gasteiger partial charge on any atom is -0.311 e. The van der Waals surface area contributed by atoms with E-state index in [2.05, 4.69) is 5.32 Å². The maximum atomic E-state index is 10.4. The van der Waals surface area contributed by atoms with E-state index in [1.54, 1.807) is 0 Å². The van der Waals surface area contributed by atoms with Crippen LogP contribution in [-0.2, 0) is 14.4 Å². The fraction of sp³-hybridized carbons (Fsp3) is 0.571. The lowest BCUT2D eigenvalue weighted by Gasteiger charge is -2.35. The fourth-order valence-electron chi connectivity index (χ4n) is 1.25. The maximum Gasteiger partial charge on any atom is 0.153 e. The molecule has 6 heteroatoms. The standard InChI is InChI=1S/C7H10N2O4/c10-2-5-1-6(3-11)9(13)7(4-12)8-5/h2-8,13H,1H2. The summed E-state index contributed by atoms with van der Waals surface area (Å²) in [5.41, 5.74) is 0. The number of hydrogen-bond donors (Lipinski definition) is 2. The van der Waals surface area contributed by atoms with Gasteiger partial charge in [0.1, 0.15) is 18.7 Å². The number of carbonyl (C=O) groups excluding carboxylic acids is 3. The minimum absolute atomic E-state index is 0.174. The first kappa shape index (κ1) is 9.97. The van der Waals surface area contributed by atoms with E-state index in [1.165, 1.54) is 0 Å². The van der Waals surface area contributed by atoms with Crippen LogP contribution in [0, 0.1) is 0 Å². The maximum absolute atomic E-state index is 10.4. The van der Waals surface area contributed by atoms with Crippen molar-refractivity contribution in [1.29, 1.82) is 0 Å². The van der Waals surface area contributed by atoms with Crippen LogP contribution in [0.25, 0.3) is 0 Å². The molecule has 0 aromatic carbocycles. The van der Waals surface area contributed by atoms with Crippen LogP contribution in [0.4, 0.5) is 0 Å². The Morgan fingerprint density at radius 3 is 2.38 bits per heavy atom. The molecule has 0 saturated carbocycles. The van der Waals surface area contributed by atoms with Crippen molar-refractivity contribution in [1.82, 2.24) is 10.4 Å². The molecular weight excluding hydrogens is 176 g/mol. The third kappa shape index (κ3) is 1.97. The van der Waals surface area contributed by atoms with Gasteiger partial charge in [0.25, 0.3) is 0 Å². The number of nitrogens with zero attached hydrogens (tertiary/aromatic N) is 1. The number of carbonyl (C=O) groups is 3. The van der Waals surface area contributed by atoms with Gasteiger partial charge < -0.3 is 19.6 Å². The normalized spacial score (nSPS) is 35.3. The van der Waals surface area contributed by atoms with E-state index in [0.29, 0.717) is 23.9 Å².